The molecule has 0 saturated carbocycles. The standard InChI is InChI=1S/C18H16F2O6/c1-23-14-4-3-5-15(24-2)16(14)17(22)25-10-13(21)11-6-8-12(9-7-11)26-18(19)20/h3-9,18H,10H2,1-2H3. The van der Waals surface area contributed by atoms with Crippen molar-refractivity contribution in [1.29, 1.82) is 0 Å². The zero-order chi connectivity index (χ0) is 19.1. The molecule has 0 fully saturated rings. The van der Waals surface area contributed by atoms with Crippen molar-refractivity contribution in [3.8, 4) is 17.2 Å². The van der Waals surface area contributed by atoms with Crippen LogP contribution in [0.25, 0.3) is 0 Å². The first-order valence-corrected chi connectivity index (χ1v) is 7.42. The van der Waals surface area contributed by atoms with Crippen molar-refractivity contribution in [2.24, 2.45) is 0 Å². The molecule has 0 heterocycles. The van der Waals surface area contributed by atoms with E-state index in [1.165, 1.54) is 38.5 Å². The van der Waals surface area contributed by atoms with Gasteiger partial charge < -0.3 is 18.9 Å². The number of ether oxygens (including phenoxy) is 4. The summed E-state index contributed by atoms with van der Waals surface area (Å²) in [6, 6.07) is 9.82. The number of alkyl halides is 2. The zero-order valence-electron chi connectivity index (χ0n) is 14.0. The van der Waals surface area contributed by atoms with Gasteiger partial charge in [0.2, 0.25) is 0 Å². The number of benzene rings is 2. The van der Waals surface area contributed by atoms with E-state index in [4.69, 9.17) is 14.2 Å². The van der Waals surface area contributed by atoms with Crippen LogP contribution in [0.2, 0.25) is 0 Å². The Morgan fingerprint density at radius 2 is 1.54 bits per heavy atom. The van der Waals surface area contributed by atoms with E-state index in [2.05, 4.69) is 4.74 Å². The van der Waals surface area contributed by atoms with E-state index in [1.807, 2.05) is 0 Å². The molecule has 0 aliphatic carbocycles. The maximum absolute atomic E-state index is 12.3. The molecular weight excluding hydrogens is 350 g/mol. The van der Waals surface area contributed by atoms with Crippen molar-refractivity contribution in [1.82, 2.24) is 0 Å². The van der Waals surface area contributed by atoms with Gasteiger partial charge in [-0.3, -0.25) is 4.79 Å². The van der Waals surface area contributed by atoms with Gasteiger partial charge in [0, 0.05) is 5.56 Å². The number of hydrogen-bond donors (Lipinski definition) is 0. The molecule has 0 atom stereocenters. The molecule has 2 aromatic rings. The van der Waals surface area contributed by atoms with Gasteiger partial charge >= 0.3 is 12.6 Å². The van der Waals surface area contributed by atoms with Gasteiger partial charge in [-0.2, -0.15) is 8.78 Å². The highest BCUT2D eigenvalue weighted by molar-refractivity contribution is 6.01. The molecule has 0 aliphatic heterocycles. The predicted octanol–water partition coefficient (Wildman–Crippen LogP) is 3.34. The lowest BCUT2D eigenvalue weighted by Crippen LogP contribution is -2.15. The molecule has 0 amide bonds. The number of rotatable bonds is 8. The fourth-order valence-electron chi connectivity index (χ4n) is 2.16. The summed E-state index contributed by atoms with van der Waals surface area (Å²) in [5.41, 5.74) is 0.248. The minimum Gasteiger partial charge on any atom is -0.496 e. The zero-order valence-corrected chi connectivity index (χ0v) is 14.0. The number of carbonyl (C=O) groups excluding carboxylic acids is 2. The van der Waals surface area contributed by atoms with Gasteiger partial charge in [-0.25, -0.2) is 4.79 Å². The van der Waals surface area contributed by atoms with Gasteiger partial charge in [0.15, 0.2) is 12.4 Å². The number of hydrogen-bond acceptors (Lipinski definition) is 6. The van der Waals surface area contributed by atoms with E-state index in [1.54, 1.807) is 18.2 Å². The SMILES string of the molecule is COc1cccc(OC)c1C(=O)OCC(=O)c1ccc(OC(F)F)cc1. The van der Waals surface area contributed by atoms with Gasteiger partial charge in [-0.1, -0.05) is 6.07 Å². The van der Waals surface area contributed by atoms with Crippen molar-refractivity contribution < 1.29 is 37.3 Å². The first kappa shape index (κ1) is 19.2. The van der Waals surface area contributed by atoms with E-state index in [-0.39, 0.29) is 28.4 Å². The molecule has 0 aromatic heterocycles. The quantitative estimate of drug-likeness (QED) is 0.527. The Hall–Kier alpha value is -3.16. The predicted molar refractivity (Wildman–Crippen MR) is 87.2 cm³/mol. The topological polar surface area (TPSA) is 71.1 Å². The van der Waals surface area contributed by atoms with Crippen LogP contribution in [0.3, 0.4) is 0 Å². The van der Waals surface area contributed by atoms with Crippen molar-refractivity contribution in [3.63, 3.8) is 0 Å². The Balaban J connectivity index is 2.04. The number of methoxy groups -OCH3 is 2. The van der Waals surface area contributed by atoms with E-state index >= 15 is 0 Å². The van der Waals surface area contributed by atoms with E-state index < -0.39 is 25.0 Å². The first-order chi connectivity index (χ1) is 12.5. The van der Waals surface area contributed by atoms with Crippen LogP contribution < -0.4 is 14.2 Å². The van der Waals surface area contributed by atoms with Gasteiger partial charge in [0.05, 0.1) is 14.2 Å². The van der Waals surface area contributed by atoms with Crippen LogP contribution in [0, 0.1) is 0 Å². The largest absolute Gasteiger partial charge is 0.496 e. The number of ketones is 1. The van der Waals surface area contributed by atoms with Crippen LogP contribution >= 0.6 is 0 Å². The lowest BCUT2D eigenvalue weighted by molar-refractivity contribution is -0.0498. The van der Waals surface area contributed by atoms with Crippen molar-refractivity contribution in [2.45, 2.75) is 6.61 Å². The minimum absolute atomic E-state index is 0.0611. The van der Waals surface area contributed by atoms with Crippen molar-refractivity contribution in [3.05, 3.63) is 53.6 Å². The van der Waals surface area contributed by atoms with Crippen LogP contribution in [-0.2, 0) is 4.74 Å². The summed E-state index contributed by atoms with van der Waals surface area (Å²) in [7, 11) is 2.78. The lowest BCUT2D eigenvalue weighted by atomic mass is 10.1. The van der Waals surface area contributed by atoms with Gasteiger partial charge in [-0.05, 0) is 36.4 Å². The monoisotopic (exact) mass is 366 g/mol. The third kappa shape index (κ3) is 4.69. The summed E-state index contributed by atoms with van der Waals surface area (Å²) in [6.45, 7) is -3.48. The number of esters is 1. The molecule has 26 heavy (non-hydrogen) atoms. The Kier molecular flexibility index (Phi) is 6.48. The lowest BCUT2D eigenvalue weighted by Gasteiger charge is -2.12. The number of Topliss-reactive ketones (excluding diaryl/α,β-unsaturated/α-hetero) is 1. The van der Waals surface area contributed by atoms with Crippen molar-refractivity contribution >= 4 is 11.8 Å². The van der Waals surface area contributed by atoms with Gasteiger partial charge in [0.25, 0.3) is 0 Å². The van der Waals surface area contributed by atoms with E-state index in [0.717, 1.165) is 0 Å². The molecule has 6 nitrogen and oxygen atoms in total. The van der Waals surface area contributed by atoms with Crippen LogP contribution in [-0.4, -0.2) is 39.2 Å². The highest BCUT2D eigenvalue weighted by Gasteiger charge is 2.21. The van der Waals surface area contributed by atoms with Crippen LogP contribution in [0.1, 0.15) is 20.7 Å². The molecule has 138 valence electrons. The molecule has 8 heteroatoms. The average molecular weight is 366 g/mol. The normalized spacial score (nSPS) is 10.3. The fraction of sp³-hybridized carbons (Fsp3) is 0.222. The molecule has 2 aromatic carbocycles. The number of carbonyl (C=O) groups is 2. The molecule has 0 saturated heterocycles. The molecule has 0 radical (unpaired) electrons. The third-order valence-electron chi connectivity index (χ3n) is 3.37. The second-order valence-electron chi connectivity index (χ2n) is 4.94. The van der Waals surface area contributed by atoms with Crippen LogP contribution in [0.4, 0.5) is 8.78 Å². The summed E-state index contributed by atoms with van der Waals surface area (Å²) < 4.78 is 43.6. The molecule has 0 spiro atoms. The Labute approximate surface area is 148 Å². The van der Waals surface area contributed by atoms with Gasteiger partial charge in [0.1, 0.15) is 22.8 Å². The van der Waals surface area contributed by atoms with Crippen LogP contribution in [0.15, 0.2) is 42.5 Å². The second kappa shape index (κ2) is 8.80. The summed E-state index contributed by atoms with van der Waals surface area (Å²) >= 11 is 0. The molecule has 0 unspecified atom stereocenters. The first-order valence-electron chi connectivity index (χ1n) is 7.42. The summed E-state index contributed by atoms with van der Waals surface area (Å²) in [4.78, 5) is 24.4. The Morgan fingerprint density at radius 1 is 0.962 bits per heavy atom. The third-order valence-corrected chi connectivity index (χ3v) is 3.37. The summed E-state index contributed by atoms with van der Waals surface area (Å²) in [6.07, 6.45) is 0. The Bertz CT molecular complexity index is 752. The average Bonchev–Trinajstić information content (AvgIpc) is 2.65. The molecule has 0 bridgehead atoms. The fourth-order valence-corrected chi connectivity index (χ4v) is 2.16. The summed E-state index contributed by atoms with van der Waals surface area (Å²) in [5, 5.41) is 0. The summed E-state index contributed by atoms with van der Waals surface area (Å²) in [5.74, 6) is -0.876. The van der Waals surface area contributed by atoms with Gasteiger partial charge in [-0.15, -0.1) is 0 Å². The van der Waals surface area contributed by atoms with Crippen molar-refractivity contribution in [2.75, 3.05) is 20.8 Å². The van der Waals surface area contributed by atoms with E-state index in [0.29, 0.717) is 0 Å². The molecule has 2 rings (SSSR count). The minimum atomic E-state index is -2.95. The molecule has 0 aliphatic rings. The maximum Gasteiger partial charge on any atom is 0.387 e. The molecular formula is C18H16F2O6. The number of halogens is 2. The van der Waals surface area contributed by atoms with E-state index in [9.17, 15) is 18.4 Å². The highest BCUT2D eigenvalue weighted by Crippen LogP contribution is 2.29. The maximum atomic E-state index is 12.3. The van der Waals surface area contributed by atoms with Crippen LogP contribution in [0.5, 0.6) is 17.2 Å². The Morgan fingerprint density at radius 3 is 2.04 bits per heavy atom. The second-order valence-corrected chi connectivity index (χ2v) is 4.94. The smallest absolute Gasteiger partial charge is 0.387 e. The molecule has 0 N–H and O–H groups in total. The highest BCUT2D eigenvalue weighted by atomic mass is 19.3.